The molecule has 0 unspecified atom stereocenters. The number of hydrogen-bond donors (Lipinski definition) is 0. The maximum atomic E-state index is 9.27. The standard InChI is InChI=1S/C2H2BrNO3/c3-1-2-7-4(5)6/h1-2H. The molecule has 40 valence electrons. The first-order chi connectivity index (χ1) is 3.27. The highest BCUT2D eigenvalue weighted by molar-refractivity contribution is 9.11. The molecule has 0 spiro atoms. The minimum absolute atomic E-state index is 0.905. The van der Waals surface area contributed by atoms with Gasteiger partial charge in [-0.3, -0.25) is 4.84 Å². The molecule has 0 N–H and O–H groups in total. The van der Waals surface area contributed by atoms with Gasteiger partial charge in [0.25, 0.3) is 5.09 Å². The first-order valence-corrected chi connectivity index (χ1v) is 2.25. The monoisotopic (exact) mass is 167 g/mol. The molecule has 0 aromatic heterocycles. The van der Waals surface area contributed by atoms with Crippen molar-refractivity contribution in [1.82, 2.24) is 0 Å². The third-order valence-electron chi connectivity index (χ3n) is 0.198. The summed E-state index contributed by atoms with van der Waals surface area (Å²) in [6.07, 6.45) is 0.917. The maximum absolute atomic E-state index is 9.27. The molecule has 0 saturated carbocycles. The van der Waals surface area contributed by atoms with Crippen molar-refractivity contribution in [2.45, 2.75) is 0 Å². The fraction of sp³-hybridized carbons (Fsp3) is 0. The molecule has 0 saturated heterocycles. The molecule has 0 rings (SSSR count). The quantitative estimate of drug-likeness (QED) is 0.351. The lowest BCUT2D eigenvalue weighted by molar-refractivity contribution is -0.737. The second-order valence-corrected chi connectivity index (χ2v) is 1.12. The van der Waals surface area contributed by atoms with Crippen LogP contribution in [-0.4, -0.2) is 5.09 Å². The molecule has 0 fully saturated rings. The predicted molar refractivity (Wildman–Crippen MR) is 26.1 cm³/mol. The van der Waals surface area contributed by atoms with Gasteiger partial charge < -0.3 is 0 Å². The van der Waals surface area contributed by atoms with Gasteiger partial charge >= 0.3 is 0 Å². The van der Waals surface area contributed by atoms with Crippen molar-refractivity contribution in [2.75, 3.05) is 0 Å². The molecule has 0 bridgehead atoms. The summed E-state index contributed by atoms with van der Waals surface area (Å²) in [6, 6.07) is 0. The average Bonchev–Trinajstić information content (AvgIpc) is 1.61. The van der Waals surface area contributed by atoms with Crippen LogP contribution in [0.5, 0.6) is 0 Å². The van der Waals surface area contributed by atoms with E-state index in [4.69, 9.17) is 0 Å². The maximum Gasteiger partial charge on any atom is 0.299 e. The minimum atomic E-state index is -0.905. The van der Waals surface area contributed by atoms with Gasteiger partial charge in [0.1, 0.15) is 0 Å². The molecule has 0 aliphatic heterocycles. The Bertz CT molecular complexity index is 90.9. The first kappa shape index (κ1) is 6.42. The van der Waals surface area contributed by atoms with E-state index in [1.54, 1.807) is 0 Å². The molecular weight excluding hydrogens is 166 g/mol. The van der Waals surface area contributed by atoms with Crippen LogP contribution < -0.4 is 0 Å². The second kappa shape index (κ2) is 3.60. The largest absolute Gasteiger partial charge is 0.299 e. The summed E-state index contributed by atoms with van der Waals surface area (Å²) in [7, 11) is 0. The lowest BCUT2D eigenvalue weighted by atomic mass is 11.2. The Kier molecular flexibility index (Phi) is 3.31. The molecule has 0 amide bonds. The Morgan fingerprint density at radius 1 is 1.86 bits per heavy atom. The van der Waals surface area contributed by atoms with Gasteiger partial charge in [-0.15, -0.1) is 10.1 Å². The summed E-state index contributed by atoms with van der Waals surface area (Å²) in [6.45, 7) is 0. The summed E-state index contributed by atoms with van der Waals surface area (Å²) in [5.74, 6) is 0. The molecule has 0 atom stereocenters. The van der Waals surface area contributed by atoms with Crippen LogP contribution >= 0.6 is 15.9 Å². The van der Waals surface area contributed by atoms with Crippen molar-refractivity contribution < 1.29 is 9.92 Å². The van der Waals surface area contributed by atoms with E-state index in [2.05, 4.69) is 20.8 Å². The molecule has 7 heavy (non-hydrogen) atoms. The first-order valence-electron chi connectivity index (χ1n) is 1.33. The molecular formula is C2H2BrNO3. The zero-order valence-electron chi connectivity index (χ0n) is 3.20. The summed E-state index contributed by atoms with van der Waals surface area (Å²) >= 11 is 2.77. The lowest BCUT2D eigenvalue weighted by Gasteiger charge is -1.79. The van der Waals surface area contributed by atoms with Crippen LogP contribution in [0, 0.1) is 10.1 Å². The van der Waals surface area contributed by atoms with Crippen molar-refractivity contribution in [3.05, 3.63) is 21.4 Å². The Hall–Kier alpha value is -0.580. The predicted octanol–water partition coefficient (Wildman–Crippen LogP) is 1.06. The van der Waals surface area contributed by atoms with E-state index in [1.807, 2.05) is 0 Å². The van der Waals surface area contributed by atoms with E-state index in [0.717, 1.165) is 6.26 Å². The highest BCUT2D eigenvalue weighted by atomic mass is 79.9. The third kappa shape index (κ3) is 5.42. The van der Waals surface area contributed by atoms with Gasteiger partial charge in [0, 0.05) is 4.99 Å². The van der Waals surface area contributed by atoms with Gasteiger partial charge in [-0.05, 0) is 0 Å². The highest BCUT2D eigenvalue weighted by Crippen LogP contribution is 1.82. The second-order valence-electron chi connectivity index (χ2n) is 0.591. The summed E-state index contributed by atoms with van der Waals surface area (Å²) in [4.78, 5) is 14.2. The topological polar surface area (TPSA) is 52.4 Å². The van der Waals surface area contributed by atoms with Gasteiger partial charge in [-0.25, -0.2) is 0 Å². The van der Waals surface area contributed by atoms with Crippen LogP contribution in [0.1, 0.15) is 0 Å². The number of halogens is 1. The molecule has 0 aliphatic carbocycles. The minimum Gasteiger partial charge on any atom is -0.283 e. The van der Waals surface area contributed by atoms with Crippen LogP contribution in [-0.2, 0) is 4.84 Å². The van der Waals surface area contributed by atoms with E-state index < -0.39 is 5.09 Å². The number of rotatable bonds is 2. The van der Waals surface area contributed by atoms with E-state index in [9.17, 15) is 10.1 Å². The lowest BCUT2D eigenvalue weighted by Crippen LogP contribution is -1.90. The average molecular weight is 168 g/mol. The Labute approximate surface area is 48.0 Å². The van der Waals surface area contributed by atoms with Crippen LogP contribution in [0.3, 0.4) is 0 Å². The van der Waals surface area contributed by atoms with Crippen LogP contribution in [0.4, 0.5) is 0 Å². The zero-order valence-corrected chi connectivity index (χ0v) is 4.79. The van der Waals surface area contributed by atoms with Crippen molar-refractivity contribution in [1.29, 1.82) is 0 Å². The van der Waals surface area contributed by atoms with Gasteiger partial charge in [0.15, 0.2) is 0 Å². The van der Waals surface area contributed by atoms with Crippen molar-refractivity contribution in [2.24, 2.45) is 0 Å². The molecule has 0 aromatic rings. The Morgan fingerprint density at radius 2 is 2.43 bits per heavy atom. The van der Waals surface area contributed by atoms with E-state index in [-0.39, 0.29) is 0 Å². The number of hydrogen-bond acceptors (Lipinski definition) is 3. The van der Waals surface area contributed by atoms with Gasteiger partial charge in [-0.2, -0.15) is 0 Å². The molecule has 0 heterocycles. The molecule has 0 aliphatic rings. The Morgan fingerprint density at radius 3 is 2.57 bits per heavy atom. The summed E-state index contributed by atoms with van der Waals surface area (Å²) in [5.41, 5.74) is 0. The van der Waals surface area contributed by atoms with Crippen LogP contribution in [0.15, 0.2) is 11.2 Å². The zero-order chi connectivity index (χ0) is 5.70. The fourth-order valence-corrected chi connectivity index (χ4v) is 0.169. The van der Waals surface area contributed by atoms with Crippen LogP contribution in [0.25, 0.3) is 0 Å². The Balaban J connectivity index is 3.14. The smallest absolute Gasteiger partial charge is 0.283 e. The SMILES string of the molecule is O=[N+]([O-])OC=CBr. The molecule has 0 radical (unpaired) electrons. The summed E-state index contributed by atoms with van der Waals surface area (Å²) in [5, 5.41) is 8.36. The molecule has 0 aromatic carbocycles. The normalized spacial score (nSPS) is 9.29. The fourth-order valence-electron chi connectivity index (χ4n) is 0.0727. The van der Waals surface area contributed by atoms with Crippen LogP contribution in [0.2, 0.25) is 0 Å². The van der Waals surface area contributed by atoms with Crippen molar-refractivity contribution in [3.63, 3.8) is 0 Å². The van der Waals surface area contributed by atoms with Crippen molar-refractivity contribution >= 4 is 15.9 Å². The van der Waals surface area contributed by atoms with Gasteiger partial charge in [0.05, 0.1) is 6.26 Å². The van der Waals surface area contributed by atoms with E-state index >= 15 is 0 Å². The van der Waals surface area contributed by atoms with Crippen molar-refractivity contribution in [3.8, 4) is 0 Å². The third-order valence-corrected chi connectivity index (χ3v) is 0.414. The molecule has 4 nitrogen and oxygen atoms in total. The number of nitrogens with zero attached hydrogens (tertiary/aromatic N) is 1. The highest BCUT2D eigenvalue weighted by Gasteiger charge is 1.82. The summed E-state index contributed by atoms with van der Waals surface area (Å²) < 4.78 is 0. The molecule has 5 heteroatoms. The van der Waals surface area contributed by atoms with Gasteiger partial charge in [-0.1, -0.05) is 15.9 Å². The van der Waals surface area contributed by atoms with E-state index in [0.29, 0.717) is 0 Å². The van der Waals surface area contributed by atoms with E-state index in [1.165, 1.54) is 4.99 Å². The van der Waals surface area contributed by atoms with Gasteiger partial charge in [0.2, 0.25) is 0 Å².